The molecule has 0 fully saturated rings. The Hall–Kier alpha value is -1.33. The van der Waals surface area contributed by atoms with Gasteiger partial charge in [-0.25, -0.2) is 0 Å². The molecule has 0 radical (unpaired) electrons. The van der Waals surface area contributed by atoms with Crippen LogP contribution in [0.4, 0.5) is 0 Å². The highest BCUT2D eigenvalue weighted by molar-refractivity contribution is 9.10. The lowest BCUT2D eigenvalue weighted by Crippen LogP contribution is -2.00. The van der Waals surface area contributed by atoms with E-state index >= 15 is 0 Å². The molecular formula is C15H12Br2O3. The van der Waals surface area contributed by atoms with E-state index in [0.29, 0.717) is 17.9 Å². The topological polar surface area (TPSA) is 35.5 Å². The molecule has 0 unspecified atom stereocenters. The number of methoxy groups -OCH3 is 1. The van der Waals surface area contributed by atoms with Crippen molar-refractivity contribution < 1.29 is 14.3 Å². The molecule has 0 bridgehead atoms. The van der Waals surface area contributed by atoms with Crippen LogP contribution in [0.3, 0.4) is 0 Å². The lowest BCUT2D eigenvalue weighted by atomic mass is 10.2. The number of halogens is 2. The largest absolute Gasteiger partial charge is 0.496 e. The second-order valence-corrected chi connectivity index (χ2v) is 5.88. The minimum atomic E-state index is 0.324. The molecule has 2 rings (SSSR count). The summed E-state index contributed by atoms with van der Waals surface area (Å²) in [6.07, 6.45) is 0.776. The molecule has 0 saturated carbocycles. The van der Waals surface area contributed by atoms with Gasteiger partial charge in [-0.05, 0) is 36.4 Å². The van der Waals surface area contributed by atoms with Crippen LogP contribution in [0.1, 0.15) is 15.9 Å². The van der Waals surface area contributed by atoms with Crippen LogP contribution in [-0.2, 0) is 6.61 Å². The van der Waals surface area contributed by atoms with E-state index < -0.39 is 0 Å². The van der Waals surface area contributed by atoms with Crippen LogP contribution in [0.15, 0.2) is 45.3 Å². The summed E-state index contributed by atoms with van der Waals surface area (Å²) in [5, 5.41) is 0. The maximum Gasteiger partial charge on any atom is 0.153 e. The molecule has 3 nitrogen and oxygen atoms in total. The summed E-state index contributed by atoms with van der Waals surface area (Å²) in [7, 11) is 1.61. The van der Waals surface area contributed by atoms with Crippen molar-refractivity contribution in [3.63, 3.8) is 0 Å². The average Bonchev–Trinajstić information content (AvgIpc) is 2.46. The number of hydrogen-bond donors (Lipinski definition) is 0. The van der Waals surface area contributed by atoms with Gasteiger partial charge in [-0.2, -0.15) is 0 Å². The van der Waals surface area contributed by atoms with E-state index in [-0.39, 0.29) is 0 Å². The first-order valence-corrected chi connectivity index (χ1v) is 7.42. The minimum Gasteiger partial charge on any atom is -0.496 e. The quantitative estimate of drug-likeness (QED) is 0.688. The third-order valence-electron chi connectivity index (χ3n) is 2.72. The first-order chi connectivity index (χ1) is 9.63. The highest BCUT2D eigenvalue weighted by Gasteiger charge is 2.08. The highest BCUT2D eigenvalue weighted by Crippen LogP contribution is 2.26. The van der Waals surface area contributed by atoms with Crippen molar-refractivity contribution in [1.29, 1.82) is 0 Å². The van der Waals surface area contributed by atoms with E-state index in [1.807, 2.05) is 24.3 Å². The van der Waals surface area contributed by atoms with Crippen LogP contribution >= 0.6 is 31.9 Å². The summed E-state index contributed by atoms with van der Waals surface area (Å²) in [6.45, 7) is 0.324. The molecule has 0 aliphatic heterocycles. The van der Waals surface area contributed by atoms with E-state index in [0.717, 1.165) is 26.5 Å². The van der Waals surface area contributed by atoms with Gasteiger partial charge >= 0.3 is 0 Å². The summed E-state index contributed by atoms with van der Waals surface area (Å²) in [5.74, 6) is 1.29. The van der Waals surface area contributed by atoms with Crippen LogP contribution in [0.2, 0.25) is 0 Å². The van der Waals surface area contributed by atoms with E-state index in [1.165, 1.54) is 0 Å². The van der Waals surface area contributed by atoms with Crippen molar-refractivity contribution in [1.82, 2.24) is 0 Å². The van der Waals surface area contributed by atoms with Crippen LogP contribution < -0.4 is 9.47 Å². The van der Waals surface area contributed by atoms with Gasteiger partial charge < -0.3 is 9.47 Å². The average molecular weight is 400 g/mol. The molecule has 0 N–H and O–H groups in total. The van der Waals surface area contributed by atoms with Gasteiger partial charge in [0.2, 0.25) is 0 Å². The maximum atomic E-state index is 11.0. The SMILES string of the molecule is COc1ccc(Br)cc1COc1ccc(Br)cc1C=O. The first-order valence-electron chi connectivity index (χ1n) is 5.84. The van der Waals surface area contributed by atoms with Crippen LogP contribution in [-0.4, -0.2) is 13.4 Å². The van der Waals surface area contributed by atoms with Gasteiger partial charge in [-0.15, -0.1) is 0 Å². The predicted molar refractivity (Wildman–Crippen MR) is 84.6 cm³/mol. The standard InChI is InChI=1S/C15H12Br2O3/c1-19-14-4-2-13(17)7-11(14)9-20-15-5-3-12(16)6-10(15)8-18/h2-8H,9H2,1H3. The van der Waals surface area contributed by atoms with Gasteiger partial charge in [0.25, 0.3) is 0 Å². The van der Waals surface area contributed by atoms with Crippen molar-refractivity contribution >= 4 is 38.1 Å². The fourth-order valence-corrected chi connectivity index (χ4v) is 2.55. The predicted octanol–water partition coefficient (Wildman–Crippen LogP) is 4.61. The zero-order valence-corrected chi connectivity index (χ0v) is 13.9. The van der Waals surface area contributed by atoms with E-state index in [2.05, 4.69) is 31.9 Å². The Kier molecular flexibility index (Phi) is 5.20. The van der Waals surface area contributed by atoms with Crippen molar-refractivity contribution in [2.45, 2.75) is 6.61 Å². The number of ether oxygens (including phenoxy) is 2. The van der Waals surface area contributed by atoms with Gasteiger partial charge in [0.1, 0.15) is 18.1 Å². The van der Waals surface area contributed by atoms with Gasteiger partial charge in [-0.3, -0.25) is 4.79 Å². The Morgan fingerprint density at radius 1 is 1.05 bits per heavy atom. The molecule has 0 amide bonds. The van der Waals surface area contributed by atoms with Crippen LogP contribution in [0, 0.1) is 0 Å². The Labute approximate surface area is 134 Å². The highest BCUT2D eigenvalue weighted by atomic mass is 79.9. The third kappa shape index (κ3) is 3.61. The second kappa shape index (κ2) is 6.90. The molecule has 2 aromatic rings. The molecule has 0 aliphatic rings. The first kappa shape index (κ1) is 15.1. The summed E-state index contributed by atoms with van der Waals surface area (Å²) in [5.41, 5.74) is 1.41. The van der Waals surface area contributed by atoms with Crippen molar-refractivity contribution in [2.75, 3.05) is 7.11 Å². The summed E-state index contributed by atoms with van der Waals surface area (Å²) in [6, 6.07) is 11.0. The molecule has 0 spiro atoms. The molecule has 0 heterocycles. The monoisotopic (exact) mass is 398 g/mol. The molecule has 20 heavy (non-hydrogen) atoms. The third-order valence-corrected chi connectivity index (χ3v) is 3.71. The number of carbonyl (C=O) groups excluding carboxylic acids is 1. The Morgan fingerprint density at radius 3 is 2.35 bits per heavy atom. The van der Waals surface area contributed by atoms with Gasteiger partial charge in [0, 0.05) is 14.5 Å². The van der Waals surface area contributed by atoms with Crippen LogP contribution in [0.5, 0.6) is 11.5 Å². The molecular weight excluding hydrogens is 388 g/mol. The van der Waals surface area contributed by atoms with Crippen LogP contribution in [0.25, 0.3) is 0 Å². The summed E-state index contributed by atoms with van der Waals surface area (Å²) in [4.78, 5) is 11.0. The van der Waals surface area contributed by atoms with Gasteiger partial charge in [-0.1, -0.05) is 31.9 Å². The van der Waals surface area contributed by atoms with Gasteiger partial charge in [0.05, 0.1) is 12.7 Å². The van der Waals surface area contributed by atoms with E-state index in [4.69, 9.17) is 9.47 Å². The molecule has 104 valence electrons. The van der Waals surface area contributed by atoms with E-state index in [1.54, 1.807) is 19.2 Å². The van der Waals surface area contributed by atoms with Crippen molar-refractivity contribution in [2.24, 2.45) is 0 Å². The number of hydrogen-bond acceptors (Lipinski definition) is 3. The summed E-state index contributed by atoms with van der Waals surface area (Å²) >= 11 is 6.74. The molecule has 0 aromatic heterocycles. The lowest BCUT2D eigenvalue weighted by molar-refractivity contribution is 0.111. The van der Waals surface area contributed by atoms with Crippen molar-refractivity contribution in [3.05, 3.63) is 56.5 Å². The second-order valence-electron chi connectivity index (χ2n) is 4.04. The van der Waals surface area contributed by atoms with Gasteiger partial charge in [0.15, 0.2) is 6.29 Å². The Morgan fingerprint density at radius 2 is 1.70 bits per heavy atom. The maximum absolute atomic E-state index is 11.0. The van der Waals surface area contributed by atoms with Crippen molar-refractivity contribution in [3.8, 4) is 11.5 Å². The smallest absolute Gasteiger partial charge is 0.153 e. The number of benzene rings is 2. The fraction of sp³-hybridized carbons (Fsp3) is 0.133. The number of aldehydes is 1. The summed E-state index contributed by atoms with van der Waals surface area (Å²) < 4.78 is 12.8. The van der Waals surface area contributed by atoms with E-state index in [9.17, 15) is 4.79 Å². The lowest BCUT2D eigenvalue weighted by Gasteiger charge is -2.12. The molecule has 5 heteroatoms. The molecule has 0 atom stereocenters. The molecule has 0 aliphatic carbocycles. The molecule has 0 saturated heterocycles. The number of carbonyl (C=O) groups is 1. The Balaban J connectivity index is 2.20. The Bertz CT molecular complexity index is 627. The normalized spacial score (nSPS) is 10.2. The molecule has 2 aromatic carbocycles. The zero-order valence-electron chi connectivity index (χ0n) is 10.7. The fourth-order valence-electron chi connectivity index (χ4n) is 1.76. The zero-order chi connectivity index (χ0) is 14.5. The minimum absolute atomic E-state index is 0.324. The number of rotatable bonds is 5.